The molecule has 3 aromatic rings. The third-order valence-corrected chi connectivity index (χ3v) is 5.56. The van der Waals surface area contributed by atoms with Crippen LogP contribution in [0.4, 0.5) is 0 Å². The zero-order valence-corrected chi connectivity index (χ0v) is 15.7. The number of nitrogens with one attached hydrogen (secondary N) is 1. The van der Waals surface area contributed by atoms with Crippen LogP contribution in [0.3, 0.4) is 0 Å². The van der Waals surface area contributed by atoms with E-state index in [1.54, 1.807) is 12.1 Å². The van der Waals surface area contributed by atoms with Crippen LogP contribution < -0.4 is 5.73 Å². The van der Waals surface area contributed by atoms with Gasteiger partial charge in [-0.25, -0.2) is 8.42 Å². The number of aromatic amines is 1. The van der Waals surface area contributed by atoms with Crippen LogP contribution in [-0.4, -0.2) is 26.2 Å². The van der Waals surface area contributed by atoms with Crippen LogP contribution in [0.5, 0.6) is 0 Å². The maximum absolute atomic E-state index is 11.9. The van der Waals surface area contributed by atoms with E-state index >= 15 is 0 Å². The molecule has 0 saturated heterocycles. The Balaban J connectivity index is 2.27. The number of fused-ring (bicyclic) bond motifs is 1. The fourth-order valence-corrected chi connectivity index (χ4v) is 4.01. The van der Waals surface area contributed by atoms with Crippen molar-refractivity contribution in [2.24, 2.45) is 5.73 Å². The van der Waals surface area contributed by atoms with Crippen LogP contribution in [0.15, 0.2) is 41.3 Å². The van der Waals surface area contributed by atoms with Crippen molar-refractivity contribution < 1.29 is 8.42 Å². The molecule has 4 nitrogen and oxygen atoms in total. The second-order valence-electron chi connectivity index (χ2n) is 6.73. The molecule has 0 radical (unpaired) electrons. The van der Waals surface area contributed by atoms with Crippen LogP contribution in [-0.2, 0) is 16.3 Å². The Morgan fingerprint density at radius 2 is 1.72 bits per heavy atom. The third kappa shape index (κ3) is 3.62. The van der Waals surface area contributed by atoms with Crippen molar-refractivity contribution in [2.75, 3.05) is 12.8 Å². The summed E-state index contributed by atoms with van der Waals surface area (Å²) in [6.07, 6.45) is 2.91. The summed E-state index contributed by atoms with van der Waals surface area (Å²) in [6.45, 7) is 4.77. The van der Waals surface area contributed by atoms with E-state index in [1.165, 1.54) is 17.4 Å². The van der Waals surface area contributed by atoms with Gasteiger partial charge >= 0.3 is 0 Å². The molecule has 132 valence electrons. The first-order valence-corrected chi connectivity index (χ1v) is 10.3. The summed E-state index contributed by atoms with van der Waals surface area (Å²) in [5, 5.41) is 0.963. The molecule has 1 aromatic heterocycles. The highest BCUT2D eigenvalue weighted by Crippen LogP contribution is 2.33. The molecular weight excluding hydrogens is 332 g/mol. The fourth-order valence-electron chi connectivity index (χ4n) is 3.36. The van der Waals surface area contributed by atoms with Gasteiger partial charge in [-0.3, -0.25) is 0 Å². The molecule has 0 bridgehead atoms. The SMILES string of the molecule is Cc1cc(C)cc(-c2[nH]c3ccc(S(C)(=O)=O)cc3c2CCCN)c1. The minimum Gasteiger partial charge on any atom is -0.354 e. The number of aryl methyl sites for hydroxylation is 3. The highest BCUT2D eigenvalue weighted by atomic mass is 32.2. The predicted molar refractivity (Wildman–Crippen MR) is 104 cm³/mol. The first kappa shape index (κ1) is 17.7. The molecule has 2 aromatic carbocycles. The molecule has 0 unspecified atom stereocenters. The monoisotopic (exact) mass is 356 g/mol. The Bertz CT molecular complexity index is 1010. The van der Waals surface area contributed by atoms with Crippen LogP contribution in [0.1, 0.15) is 23.1 Å². The van der Waals surface area contributed by atoms with Gasteiger partial charge in [-0.2, -0.15) is 0 Å². The number of rotatable bonds is 5. The zero-order valence-electron chi connectivity index (χ0n) is 14.9. The number of sulfone groups is 1. The lowest BCUT2D eigenvalue weighted by Crippen LogP contribution is -2.01. The first-order valence-electron chi connectivity index (χ1n) is 8.43. The van der Waals surface area contributed by atoms with Crippen molar-refractivity contribution in [1.82, 2.24) is 4.98 Å². The van der Waals surface area contributed by atoms with Crippen molar-refractivity contribution in [3.63, 3.8) is 0 Å². The number of nitrogens with two attached hydrogens (primary N) is 1. The van der Waals surface area contributed by atoms with Crippen LogP contribution in [0.25, 0.3) is 22.2 Å². The number of H-pyrrole nitrogens is 1. The summed E-state index contributed by atoms with van der Waals surface area (Å²) in [7, 11) is -3.24. The van der Waals surface area contributed by atoms with Crippen molar-refractivity contribution >= 4 is 20.7 Å². The van der Waals surface area contributed by atoms with Crippen molar-refractivity contribution in [1.29, 1.82) is 0 Å². The number of benzene rings is 2. The summed E-state index contributed by atoms with van der Waals surface area (Å²) in [5.41, 5.74) is 12.4. The van der Waals surface area contributed by atoms with E-state index in [4.69, 9.17) is 5.73 Å². The van der Waals surface area contributed by atoms with E-state index in [1.807, 2.05) is 6.07 Å². The van der Waals surface area contributed by atoms with Gasteiger partial charge in [0.15, 0.2) is 9.84 Å². The average Bonchev–Trinajstić information content (AvgIpc) is 2.89. The number of hydrogen-bond acceptors (Lipinski definition) is 3. The van der Waals surface area contributed by atoms with Gasteiger partial charge in [0, 0.05) is 22.9 Å². The van der Waals surface area contributed by atoms with E-state index < -0.39 is 9.84 Å². The lowest BCUT2D eigenvalue weighted by molar-refractivity contribution is 0.602. The third-order valence-electron chi connectivity index (χ3n) is 4.45. The Morgan fingerprint density at radius 1 is 1.04 bits per heavy atom. The smallest absolute Gasteiger partial charge is 0.175 e. The van der Waals surface area contributed by atoms with Gasteiger partial charge < -0.3 is 10.7 Å². The summed E-state index contributed by atoms with van der Waals surface area (Å²) < 4.78 is 23.9. The van der Waals surface area contributed by atoms with Gasteiger partial charge in [-0.05, 0) is 74.7 Å². The molecule has 1 heterocycles. The van der Waals surface area contributed by atoms with Crippen molar-refractivity contribution in [3.05, 3.63) is 53.1 Å². The minimum absolute atomic E-state index is 0.347. The molecule has 3 N–H and O–H groups in total. The van der Waals surface area contributed by atoms with E-state index in [-0.39, 0.29) is 0 Å². The van der Waals surface area contributed by atoms with Crippen LogP contribution >= 0.6 is 0 Å². The second-order valence-corrected chi connectivity index (χ2v) is 8.74. The predicted octanol–water partition coefficient (Wildman–Crippen LogP) is 3.75. The van der Waals surface area contributed by atoms with Gasteiger partial charge in [0.05, 0.1) is 4.90 Å². The molecule has 0 aliphatic carbocycles. The van der Waals surface area contributed by atoms with Crippen molar-refractivity contribution in [3.8, 4) is 11.3 Å². The molecular formula is C20H24N2O2S. The minimum atomic E-state index is -3.24. The lowest BCUT2D eigenvalue weighted by atomic mass is 9.98. The summed E-state index contributed by atoms with van der Waals surface area (Å²) in [6, 6.07) is 11.7. The largest absolute Gasteiger partial charge is 0.354 e. The molecule has 5 heteroatoms. The molecule has 0 atom stereocenters. The van der Waals surface area contributed by atoms with E-state index in [0.717, 1.165) is 40.6 Å². The van der Waals surface area contributed by atoms with Crippen molar-refractivity contribution in [2.45, 2.75) is 31.6 Å². The topological polar surface area (TPSA) is 76.0 Å². The molecule has 0 fully saturated rings. The highest BCUT2D eigenvalue weighted by Gasteiger charge is 2.16. The lowest BCUT2D eigenvalue weighted by Gasteiger charge is -2.07. The van der Waals surface area contributed by atoms with Crippen LogP contribution in [0, 0.1) is 13.8 Å². The van der Waals surface area contributed by atoms with E-state index in [9.17, 15) is 8.42 Å². The summed E-state index contributed by atoms with van der Waals surface area (Å²) in [4.78, 5) is 3.83. The van der Waals surface area contributed by atoms with Gasteiger partial charge in [-0.1, -0.05) is 17.2 Å². The molecule has 0 aliphatic rings. The number of hydrogen-bond donors (Lipinski definition) is 2. The van der Waals surface area contributed by atoms with E-state index in [0.29, 0.717) is 11.4 Å². The average molecular weight is 356 g/mol. The highest BCUT2D eigenvalue weighted by molar-refractivity contribution is 7.90. The Morgan fingerprint density at radius 3 is 2.32 bits per heavy atom. The Labute approximate surface area is 149 Å². The molecule has 3 rings (SSSR count). The van der Waals surface area contributed by atoms with Gasteiger partial charge in [0.2, 0.25) is 0 Å². The summed E-state index contributed by atoms with van der Waals surface area (Å²) >= 11 is 0. The number of aromatic nitrogens is 1. The quantitative estimate of drug-likeness (QED) is 0.731. The van der Waals surface area contributed by atoms with Crippen LogP contribution in [0.2, 0.25) is 0 Å². The molecule has 0 aliphatic heterocycles. The molecule has 0 spiro atoms. The Kier molecular flexibility index (Phi) is 4.71. The fraction of sp³-hybridized carbons (Fsp3) is 0.300. The molecule has 0 saturated carbocycles. The standard InChI is InChI=1S/C20H24N2O2S/c1-13-9-14(2)11-15(10-13)20-17(5-4-8-21)18-12-16(25(3,23)24)6-7-19(18)22-20/h6-7,9-12,22H,4-5,8,21H2,1-3H3. The Hall–Kier alpha value is -2.11. The van der Waals surface area contributed by atoms with Gasteiger partial charge in [0.25, 0.3) is 0 Å². The van der Waals surface area contributed by atoms with E-state index in [2.05, 4.69) is 37.0 Å². The maximum Gasteiger partial charge on any atom is 0.175 e. The maximum atomic E-state index is 11.9. The molecule has 25 heavy (non-hydrogen) atoms. The summed E-state index contributed by atoms with van der Waals surface area (Å²) in [5.74, 6) is 0. The second kappa shape index (κ2) is 6.65. The van der Waals surface area contributed by atoms with Gasteiger partial charge in [0.1, 0.15) is 0 Å². The molecule has 0 amide bonds. The normalized spacial score (nSPS) is 12.0. The van der Waals surface area contributed by atoms with Gasteiger partial charge in [-0.15, -0.1) is 0 Å². The zero-order chi connectivity index (χ0) is 18.2. The first-order chi connectivity index (χ1) is 11.8.